The van der Waals surface area contributed by atoms with E-state index >= 15 is 0 Å². The first-order valence-corrected chi connectivity index (χ1v) is 8.84. The Kier molecular flexibility index (Phi) is 5.40. The summed E-state index contributed by atoms with van der Waals surface area (Å²) in [6, 6.07) is 6.94. The zero-order chi connectivity index (χ0) is 15.3. The molecule has 0 aliphatic heterocycles. The Hall–Kier alpha value is -1.35. The van der Waals surface area contributed by atoms with Crippen molar-refractivity contribution < 1.29 is 8.42 Å². The van der Waals surface area contributed by atoms with E-state index in [0.717, 1.165) is 25.7 Å². The number of nitrogens with two attached hydrogens (primary N) is 1. The lowest BCUT2D eigenvalue weighted by atomic mass is 10.2. The number of nitrogens with zero attached hydrogens (tertiary/aromatic N) is 1. The first-order valence-electron chi connectivity index (χ1n) is 7.40. The first-order chi connectivity index (χ1) is 10.1. The molecular formula is C16H22N2O2S. The van der Waals surface area contributed by atoms with Crippen LogP contribution < -0.4 is 5.73 Å². The second kappa shape index (κ2) is 7.08. The van der Waals surface area contributed by atoms with Gasteiger partial charge in [0.1, 0.15) is 0 Å². The molecule has 5 heteroatoms. The summed E-state index contributed by atoms with van der Waals surface area (Å²) in [6.45, 7) is 2.67. The second-order valence-electron chi connectivity index (χ2n) is 5.18. The molecule has 1 aliphatic rings. The van der Waals surface area contributed by atoms with Crippen LogP contribution in [0.4, 0.5) is 0 Å². The second-order valence-corrected chi connectivity index (χ2v) is 7.07. The number of benzene rings is 1. The van der Waals surface area contributed by atoms with E-state index in [4.69, 9.17) is 5.73 Å². The van der Waals surface area contributed by atoms with Crippen LogP contribution in [0.5, 0.6) is 0 Å². The maximum Gasteiger partial charge on any atom is 0.243 e. The van der Waals surface area contributed by atoms with Gasteiger partial charge < -0.3 is 5.73 Å². The van der Waals surface area contributed by atoms with Crippen molar-refractivity contribution in [2.75, 3.05) is 13.1 Å². The minimum absolute atomic E-state index is 0.138. The largest absolute Gasteiger partial charge is 0.320 e. The molecule has 1 fully saturated rings. The molecule has 0 saturated heterocycles. The zero-order valence-electron chi connectivity index (χ0n) is 12.4. The summed E-state index contributed by atoms with van der Waals surface area (Å²) < 4.78 is 27.3. The number of rotatable bonds is 4. The summed E-state index contributed by atoms with van der Waals surface area (Å²) in [4.78, 5) is 0.320. The van der Waals surface area contributed by atoms with Crippen LogP contribution in [-0.4, -0.2) is 31.9 Å². The third-order valence-electron chi connectivity index (χ3n) is 3.82. The van der Waals surface area contributed by atoms with E-state index in [-0.39, 0.29) is 12.6 Å². The highest BCUT2D eigenvalue weighted by atomic mass is 32.2. The van der Waals surface area contributed by atoms with Crippen LogP contribution in [0.1, 0.15) is 38.2 Å². The fourth-order valence-electron chi connectivity index (χ4n) is 2.84. The van der Waals surface area contributed by atoms with Crippen molar-refractivity contribution in [3.05, 3.63) is 29.8 Å². The van der Waals surface area contributed by atoms with E-state index in [0.29, 0.717) is 17.0 Å². The maximum atomic E-state index is 12.8. The van der Waals surface area contributed by atoms with Gasteiger partial charge in [-0.25, -0.2) is 8.42 Å². The van der Waals surface area contributed by atoms with Crippen molar-refractivity contribution in [2.45, 2.75) is 43.5 Å². The summed E-state index contributed by atoms with van der Waals surface area (Å²) >= 11 is 0. The standard InChI is InChI=1S/C16H22N2O2S/c1-2-18(15-9-3-4-10-15)21(19,20)16-11-5-7-14(13-16)8-6-12-17/h5,7,11,13,15H,2-4,9-10,12,17H2,1H3. The Balaban J connectivity index is 2.33. The van der Waals surface area contributed by atoms with Crippen LogP contribution in [0.3, 0.4) is 0 Å². The van der Waals surface area contributed by atoms with Gasteiger partial charge in [-0.1, -0.05) is 37.7 Å². The van der Waals surface area contributed by atoms with Gasteiger partial charge in [0, 0.05) is 18.2 Å². The molecule has 1 aromatic rings. The van der Waals surface area contributed by atoms with Crippen LogP contribution in [0.25, 0.3) is 0 Å². The summed E-state index contributed by atoms with van der Waals surface area (Å²) in [5.41, 5.74) is 6.04. The molecule has 2 rings (SSSR count). The molecule has 0 amide bonds. The van der Waals surface area contributed by atoms with Crippen LogP contribution in [0, 0.1) is 11.8 Å². The topological polar surface area (TPSA) is 63.4 Å². The number of hydrogen-bond acceptors (Lipinski definition) is 3. The minimum Gasteiger partial charge on any atom is -0.320 e. The monoisotopic (exact) mass is 306 g/mol. The summed E-state index contributed by atoms with van der Waals surface area (Å²) in [5, 5.41) is 0. The highest BCUT2D eigenvalue weighted by Gasteiger charge is 2.31. The Morgan fingerprint density at radius 3 is 2.67 bits per heavy atom. The average Bonchev–Trinajstić information content (AvgIpc) is 3.00. The molecule has 1 aliphatic carbocycles. The predicted molar refractivity (Wildman–Crippen MR) is 84.2 cm³/mol. The van der Waals surface area contributed by atoms with Crippen LogP contribution in [-0.2, 0) is 10.0 Å². The molecule has 1 aromatic carbocycles. The Morgan fingerprint density at radius 2 is 2.05 bits per heavy atom. The SMILES string of the molecule is CCN(C1CCCC1)S(=O)(=O)c1cccc(C#CCN)c1. The first kappa shape index (κ1) is 16.0. The van der Waals surface area contributed by atoms with Gasteiger partial charge in [0.2, 0.25) is 10.0 Å². The van der Waals surface area contributed by atoms with Gasteiger partial charge in [-0.15, -0.1) is 0 Å². The molecule has 0 aromatic heterocycles. The molecule has 0 radical (unpaired) electrons. The zero-order valence-corrected chi connectivity index (χ0v) is 13.2. The summed E-state index contributed by atoms with van der Waals surface area (Å²) in [7, 11) is -3.45. The van der Waals surface area contributed by atoms with Crippen molar-refractivity contribution in [2.24, 2.45) is 5.73 Å². The van der Waals surface area contributed by atoms with E-state index in [1.165, 1.54) is 0 Å². The van der Waals surface area contributed by atoms with E-state index in [1.54, 1.807) is 28.6 Å². The third-order valence-corrected chi connectivity index (χ3v) is 5.84. The van der Waals surface area contributed by atoms with E-state index in [1.807, 2.05) is 6.92 Å². The molecule has 0 spiro atoms. The normalized spacial score (nSPS) is 16.0. The smallest absolute Gasteiger partial charge is 0.243 e. The van der Waals surface area contributed by atoms with Crippen molar-refractivity contribution in [3.63, 3.8) is 0 Å². The van der Waals surface area contributed by atoms with Gasteiger partial charge in [-0.05, 0) is 31.0 Å². The van der Waals surface area contributed by atoms with Crippen molar-refractivity contribution >= 4 is 10.0 Å². The maximum absolute atomic E-state index is 12.8. The Bertz CT molecular complexity index is 638. The summed E-state index contributed by atoms with van der Waals surface area (Å²) in [5.74, 6) is 5.64. The average molecular weight is 306 g/mol. The molecule has 2 N–H and O–H groups in total. The molecule has 114 valence electrons. The molecule has 4 nitrogen and oxygen atoms in total. The van der Waals surface area contributed by atoms with Gasteiger partial charge >= 0.3 is 0 Å². The van der Waals surface area contributed by atoms with Crippen molar-refractivity contribution in [1.29, 1.82) is 0 Å². The lowest BCUT2D eigenvalue weighted by molar-refractivity contribution is 0.335. The number of hydrogen-bond donors (Lipinski definition) is 1. The third kappa shape index (κ3) is 3.65. The van der Waals surface area contributed by atoms with E-state index in [2.05, 4.69) is 11.8 Å². The van der Waals surface area contributed by atoms with Crippen molar-refractivity contribution in [1.82, 2.24) is 4.31 Å². The molecule has 1 saturated carbocycles. The minimum atomic E-state index is -3.45. The van der Waals surface area contributed by atoms with E-state index in [9.17, 15) is 8.42 Å². The fraction of sp³-hybridized carbons (Fsp3) is 0.500. The fourth-order valence-corrected chi connectivity index (χ4v) is 4.58. The van der Waals surface area contributed by atoms with Crippen LogP contribution in [0.15, 0.2) is 29.2 Å². The van der Waals surface area contributed by atoms with Gasteiger partial charge in [0.05, 0.1) is 11.4 Å². The quantitative estimate of drug-likeness (QED) is 0.865. The molecule has 0 heterocycles. The molecular weight excluding hydrogens is 284 g/mol. The molecule has 21 heavy (non-hydrogen) atoms. The van der Waals surface area contributed by atoms with Crippen molar-refractivity contribution in [3.8, 4) is 11.8 Å². The van der Waals surface area contributed by atoms with Gasteiger partial charge in [0.15, 0.2) is 0 Å². The molecule has 0 bridgehead atoms. The highest BCUT2D eigenvalue weighted by Crippen LogP contribution is 2.28. The van der Waals surface area contributed by atoms with Gasteiger partial charge in [-0.2, -0.15) is 4.31 Å². The van der Waals surface area contributed by atoms with Gasteiger partial charge in [0.25, 0.3) is 0 Å². The predicted octanol–water partition coefficient (Wildman–Crippen LogP) is 1.95. The lowest BCUT2D eigenvalue weighted by Crippen LogP contribution is -2.38. The van der Waals surface area contributed by atoms with Crippen LogP contribution in [0.2, 0.25) is 0 Å². The Labute approximate surface area is 127 Å². The highest BCUT2D eigenvalue weighted by molar-refractivity contribution is 7.89. The van der Waals surface area contributed by atoms with Crippen LogP contribution >= 0.6 is 0 Å². The summed E-state index contributed by atoms with van der Waals surface area (Å²) in [6.07, 6.45) is 4.14. The number of sulfonamides is 1. The molecule has 0 unspecified atom stereocenters. The van der Waals surface area contributed by atoms with Gasteiger partial charge in [-0.3, -0.25) is 0 Å². The molecule has 0 atom stereocenters. The van der Waals surface area contributed by atoms with E-state index < -0.39 is 10.0 Å². The Morgan fingerprint density at radius 1 is 1.33 bits per heavy atom. The lowest BCUT2D eigenvalue weighted by Gasteiger charge is -2.26.